The smallest absolute Gasteiger partial charge is 0.194 e. The van der Waals surface area contributed by atoms with E-state index in [4.69, 9.17) is 11.5 Å². The Labute approximate surface area is 145 Å². The topological polar surface area (TPSA) is 89.3 Å². The maximum absolute atomic E-state index is 5.91. The van der Waals surface area contributed by atoms with Crippen LogP contribution in [0.15, 0.2) is 22.5 Å². The monoisotopic (exact) mass is 351 g/mol. The molecule has 0 fully saturated rings. The molecule has 2 heterocycles. The Balaban J connectivity index is 1.81. The number of hydrogen-bond acceptors (Lipinski definition) is 5. The van der Waals surface area contributed by atoms with Crippen LogP contribution in [-0.2, 0) is 6.54 Å². The van der Waals surface area contributed by atoms with Crippen molar-refractivity contribution in [1.82, 2.24) is 4.98 Å². The average Bonchev–Trinajstić information content (AvgIpc) is 3.19. The van der Waals surface area contributed by atoms with Crippen molar-refractivity contribution in [3.8, 4) is 10.6 Å². The van der Waals surface area contributed by atoms with E-state index in [1.807, 2.05) is 11.4 Å². The Morgan fingerprint density at radius 2 is 2.09 bits per heavy atom. The highest BCUT2D eigenvalue weighted by molar-refractivity contribution is 7.17. The third-order valence-electron chi connectivity index (χ3n) is 3.40. The first-order chi connectivity index (χ1) is 11.2. The Hall–Kier alpha value is -1.44. The second-order valence-electron chi connectivity index (χ2n) is 5.31. The molecule has 0 aliphatic heterocycles. The van der Waals surface area contributed by atoms with Crippen molar-refractivity contribution in [2.75, 3.05) is 11.9 Å². The van der Waals surface area contributed by atoms with Crippen molar-refractivity contribution < 1.29 is 0 Å². The Bertz CT molecular complexity index is 618. The number of rotatable bonds is 9. The van der Waals surface area contributed by atoms with Crippen molar-refractivity contribution >= 4 is 33.8 Å². The fourth-order valence-corrected chi connectivity index (χ4v) is 3.77. The van der Waals surface area contributed by atoms with Crippen LogP contribution in [0.25, 0.3) is 10.6 Å². The minimum Gasteiger partial charge on any atom is -0.370 e. The van der Waals surface area contributed by atoms with Gasteiger partial charge in [0, 0.05) is 23.3 Å². The van der Waals surface area contributed by atoms with Crippen LogP contribution < -0.4 is 16.8 Å². The average molecular weight is 352 g/mol. The van der Waals surface area contributed by atoms with Crippen molar-refractivity contribution in [3.05, 3.63) is 22.4 Å². The van der Waals surface area contributed by atoms with Crippen LogP contribution in [-0.4, -0.2) is 17.5 Å². The van der Waals surface area contributed by atoms with Gasteiger partial charge in [0.15, 0.2) is 11.1 Å². The first-order valence-electron chi connectivity index (χ1n) is 8.04. The number of nitrogens with zero attached hydrogens (tertiary/aromatic N) is 2. The quantitative estimate of drug-likeness (QED) is 0.361. The second kappa shape index (κ2) is 9.64. The molecule has 0 aliphatic carbocycles. The molecule has 0 radical (unpaired) electrons. The summed E-state index contributed by atoms with van der Waals surface area (Å²) in [5.41, 5.74) is 12.5. The fraction of sp³-hybridized carbons (Fsp3) is 0.500. The summed E-state index contributed by atoms with van der Waals surface area (Å²) in [7, 11) is 0. The summed E-state index contributed by atoms with van der Waals surface area (Å²) in [6, 6.07) is 4.10. The zero-order valence-corrected chi connectivity index (χ0v) is 15.2. The summed E-state index contributed by atoms with van der Waals surface area (Å²) in [5, 5.41) is 5.86. The van der Waals surface area contributed by atoms with Crippen LogP contribution >= 0.6 is 22.7 Å². The summed E-state index contributed by atoms with van der Waals surface area (Å²) in [6.07, 6.45) is 6.14. The molecular weight excluding hydrogens is 326 g/mol. The van der Waals surface area contributed by atoms with Crippen LogP contribution in [0.5, 0.6) is 0 Å². The molecule has 0 saturated heterocycles. The van der Waals surface area contributed by atoms with Gasteiger partial charge in [-0.25, -0.2) is 4.98 Å². The molecule has 0 atom stereocenters. The highest BCUT2D eigenvalue weighted by Crippen LogP contribution is 2.30. The molecule has 0 spiro atoms. The van der Waals surface area contributed by atoms with E-state index < -0.39 is 0 Å². The molecule has 0 unspecified atom stereocenters. The minimum absolute atomic E-state index is 0.440. The highest BCUT2D eigenvalue weighted by atomic mass is 32.1. The summed E-state index contributed by atoms with van der Waals surface area (Å²) >= 11 is 3.20. The molecule has 0 aromatic carbocycles. The van der Waals surface area contributed by atoms with Gasteiger partial charge in [-0.15, -0.1) is 22.7 Å². The molecule has 2 aromatic heterocycles. The van der Waals surface area contributed by atoms with Gasteiger partial charge in [-0.1, -0.05) is 32.6 Å². The van der Waals surface area contributed by atoms with Crippen molar-refractivity contribution in [3.63, 3.8) is 0 Å². The zero-order chi connectivity index (χ0) is 16.5. The van der Waals surface area contributed by atoms with Crippen molar-refractivity contribution in [2.24, 2.45) is 16.5 Å². The Morgan fingerprint density at radius 3 is 2.83 bits per heavy atom. The number of nitrogens with two attached hydrogens (primary N) is 2. The molecule has 2 aromatic rings. The number of unbranched alkanes of at least 4 members (excludes halogenated alkanes) is 4. The number of guanidine groups is 1. The van der Waals surface area contributed by atoms with E-state index in [0.717, 1.165) is 33.5 Å². The minimum atomic E-state index is 0.440. The summed E-state index contributed by atoms with van der Waals surface area (Å²) < 4.78 is 0. The molecular formula is C16H25N5S2. The van der Waals surface area contributed by atoms with E-state index in [2.05, 4.69) is 28.3 Å². The second-order valence-corrected chi connectivity index (χ2v) is 7.34. The van der Waals surface area contributed by atoms with Gasteiger partial charge in [-0.3, -0.25) is 4.99 Å². The molecule has 7 heteroatoms. The van der Waals surface area contributed by atoms with Crippen LogP contribution in [0.3, 0.4) is 0 Å². The summed E-state index contributed by atoms with van der Waals surface area (Å²) in [5.74, 6) is 0.440. The van der Waals surface area contributed by atoms with Gasteiger partial charge >= 0.3 is 0 Å². The molecule has 2 rings (SSSR count). The zero-order valence-electron chi connectivity index (χ0n) is 13.5. The third-order valence-corrected chi connectivity index (χ3v) is 5.29. The molecule has 0 amide bonds. The SMILES string of the molecule is CCCCCCCN=C(N)Nc1nc(-c2ccc(CN)s2)cs1. The van der Waals surface area contributed by atoms with Gasteiger partial charge < -0.3 is 16.8 Å². The lowest BCUT2D eigenvalue weighted by Gasteiger charge is -2.01. The predicted octanol–water partition coefficient (Wildman–Crippen LogP) is 4.03. The number of aromatic nitrogens is 1. The normalized spacial score (nSPS) is 11.8. The molecule has 5 nitrogen and oxygen atoms in total. The number of thiazole rings is 1. The Kier molecular flexibility index (Phi) is 7.51. The summed E-state index contributed by atoms with van der Waals surface area (Å²) in [6.45, 7) is 3.55. The number of thiophene rings is 1. The van der Waals surface area contributed by atoms with Gasteiger partial charge in [0.1, 0.15) is 0 Å². The van der Waals surface area contributed by atoms with Gasteiger partial charge in [-0.2, -0.15) is 0 Å². The maximum Gasteiger partial charge on any atom is 0.194 e. The van der Waals surface area contributed by atoms with Crippen molar-refractivity contribution in [2.45, 2.75) is 45.6 Å². The van der Waals surface area contributed by atoms with Gasteiger partial charge in [-0.05, 0) is 18.6 Å². The number of aliphatic imine (C=N–C) groups is 1. The standard InChI is InChI=1S/C16H25N5S2/c1-2-3-4-5-6-9-19-15(18)21-16-20-13(11-22-16)14-8-7-12(10-17)23-14/h7-8,11H,2-6,9-10,17H2,1H3,(H3,18,19,20,21). The van der Waals surface area contributed by atoms with E-state index in [0.29, 0.717) is 12.5 Å². The van der Waals surface area contributed by atoms with Gasteiger partial charge in [0.05, 0.1) is 10.6 Å². The fourth-order valence-electron chi connectivity index (χ4n) is 2.13. The van der Waals surface area contributed by atoms with E-state index in [1.54, 1.807) is 11.3 Å². The van der Waals surface area contributed by atoms with E-state index in [9.17, 15) is 0 Å². The van der Waals surface area contributed by atoms with E-state index in [-0.39, 0.29) is 0 Å². The van der Waals surface area contributed by atoms with Crippen LogP contribution in [0.2, 0.25) is 0 Å². The Morgan fingerprint density at radius 1 is 1.26 bits per heavy atom. The molecule has 23 heavy (non-hydrogen) atoms. The first-order valence-corrected chi connectivity index (χ1v) is 9.74. The lowest BCUT2D eigenvalue weighted by molar-refractivity contribution is 0.638. The van der Waals surface area contributed by atoms with Crippen LogP contribution in [0.1, 0.15) is 43.9 Å². The first kappa shape index (κ1) is 17.9. The van der Waals surface area contributed by atoms with Gasteiger partial charge in [0.2, 0.25) is 0 Å². The predicted molar refractivity (Wildman–Crippen MR) is 102 cm³/mol. The largest absolute Gasteiger partial charge is 0.370 e. The van der Waals surface area contributed by atoms with E-state index >= 15 is 0 Å². The maximum atomic E-state index is 5.91. The van der Waals surface area contributed by atoms with Crippen LogP contribution in [0.4, 0.5) is 5.13 Å². The highest BCUT2D eigenvalue weighted by Gasteiger charge is 2.07. The molecule has 0 aliphatic rings. The van der Waals surface area contributed by atoms with Crippen LogP contribution in [0, 0.1) is 0 Å². The summed E-state index contributed by atoms with van der Waals surface area (Å²) in [4.78, 5) is 11.2. The van der Waals surface area contributed by atoms with Crippen molar-refractivity contribution in [1.29, 1.82) is 0 Å². The molecule has 0 saturated carbocycles. The number of anilines is 1. The third kappa shape index (κ3) is 5.93. The molecule has 126 valence electrons. The lowest BCUT2D eigenvalue weighted by Crippen LogP contribution is -2.22. The number of hydrogen-bond donors (Lipinski definition) is 3. The molecule has 0 bridgehead atoms. The number of nitrogens with one attached hydrogen (secondary N) is 1. The van der Waals surface area contributed by atoms with Gasteiger partial charge in [0.25, 0.3) is 0 Å². The lowest BCUT2D eigenvalue weighted by atomic mass is 10.2. The van der Waals surface area contributed by atoms with E-state index in [1.165, 1.54) is 37.0 Å². The molecule has 5 N–H and O–H groups in total.